The van der Waals surface area contributed by atoms with Gasteiger partial charge in [-0.05, 0) is 30.0 Å². The third kappa shape index (κ3) is 5.88. The molecule has 37 heavy (non-hydrogen) atoms. The number of rotatable bonds is 7. The second kappa shape index (κ2) is 11.9. The Hall–Kier alpha value is -3.17. The lowest BCUT2D eigenvalue weighted by Crippen LogP contribution is -2.63. The molecule has 8 heteroatoms. The van der Waals surface area contributed by atoms with Crippen molar-refractivity contribution in [1.82, 2.24) is 0 Å². The van der Waals surface area contributed by atoms with E-state index >= 15 is 0 Å². The average molecular weight is 521 g/mol. The molecule has 3 aromatic carbocycles. The minimum absolute atomic E-state index is 0.240. The molecule has 3 unspecified atom stereocenters. The van der Waals surface area contributed by atoms with Gasteiger partial charge in [-0.25, -0.2) is 9.59 Å². The maximum Gasteiger partial charge on any atom is 0.338 e. The van der Waals surface area contributed by atoms with Gasteiger partial charge in [0.05, 0.1) is 17.7 Å². The molecule has 0 saturated carbocycles. The van der Waals surface area contributed by atoms with Crippen molar-refractivity contribution in [2.75, 3.05) is 12.4 Å². The van der Waals surface area contributed by atoms with E-state index in [-0.39, 0.29) is 6.61 Å². The number of hydrogen-bond acceptors (Lipinski definition) is 8. The monoisotopic (exact) mass is 520 g/mol. The lowest BCUT2D eigenvalue weighted by Gasteiger charge is -2.48. The summed E-state index contributed by atoms with van der Waals surface area (Å²) >= 11 is 1.48. The molecule has 3 aromatic rings. The molecule has 192 valence electrons. The number of carbonyl (C=O) groups is 2. The summed E-state index contributed by atoms with van der Waals surface area (Å²) in [5, 5.41) is 0. The largest absolute Gasteiger partial charge is 0.452 e. The second-order valence-corrected chi connectivity index (χ2v) is 10.0. The van der Waals surface area contributed by atoms with Crippen LogP contribution < -0.4 is 0 Å². The molecular formula is C29H28O7S. The van der Waals surface area contributed by atoms with Crippen molar-refractivity contribution in [2.24, 2.45) is 0 Å². The highest BCUT2D eigenvalue weighted by Crippen LogP contribution is 2.39. The molecule has 7 nitrogen and oxygen atoms in total. The van der Waals surface area contributed by atoms with Crippen LogP contribution in [-0.2, 0) is 23.7 Å². The van der Waals surface area contributed by atoms with Crippen molar-refractivity contribution in [3.8, 4) is 0 Å². The molecule has 0 radical (unpaired) electrons. The fourth-order valence-electron chi connectivity index (χ4n) is 4.42. The van der Waals surface area contributed by atoms with Crippen LogP contribution in [0.3, 0.4) is 0 Å². The number of fused-ring (bicyclic) bond motifs is 1. The second-order valence-electron chi connectivity index (χ2n) is 8.65. The number of thioether (sulfide) groups is 1. The van der Waals surface area contributed by atoms with E-state index in [2.05, 4.69) is 0 Å². The SMILES string of the molecule is CCS[C@@H]1OC2COC(c3ccccc3)O[C@H]2C(OC(=O)c2ccccc2)[C@@H]1OC(=O)c1ccccc1. The smallest absolute Gasteiger partial charge is 0.338 e. The summed E-state index contributed by atoms with van der Waals surface area (Å²) in [6.45, 7) is 2.23. The first-order chi connectivity index (χ1) is 18.1. The first kappa shape index (κ1) is 25.5. The van der Waals surface area contributed by atoms with Crippen molar-refractivity contribution in [3.05, 3.63) is 108 Å². The first-order valence-electron chi connectivity index (χ1n) is 12.2. The van der Waals surface area contributed by atoms with E-state index < -0.39 is 48.1 Å². The molecule has 0 aromatic heterocycles. The molecule has 5 rings (SSSR count). The van der Waals surface area contributed by atoms with Crippen LogP contribution in [0.1, 0.15) is 39.5 Å². The van der Waals surface area contributed by atoms with Crippen molar-refractivity contribution in [3.63, 3.8) is 0 Å². The zero-order chi connectivity index (χ0) is 25.6. The van der Waals surface area contributed by atoms with Gasteiger partial charge in [-0.1, -0.05) is 73.7 Å². The maximum atomic E-state index is 13.2. The van der Waals surface area contributed by atoms with Crippen LogP contribution in [0.5, 0.6) is 0 Å². The molecule has 0 aliphatic carbocycles. The van der Waals surface area contributed by atoms with Gasteiger partial charge >= 0.3 is 11.9 Å². The van der Waals surface area contributed by atoms with Crippen LogP contribution in [0.25, 0.3) is 0 Å². The van der Waals surface area contributed by atoms with Gasteiger partial charge in [0.1, 0.15) is 17.6 Å². The summed E-state index contributed by atoms with van der Waals surface area (Å²) in [6, 6.07) is 27.0. The Morgan fingerprint density at radius 1 is 0.784 bits per heavy atom. The Morgan fingerprint density at radius 2 is 1.32 bits per heavy atom. The van der Waals surface area contributed by atoms with Crippen molar-refractivity contribution < 1.29 is 33.3 Å². The quantitative estimate of drug-likeness (QED) is 0.402. The standard InChI is InChI=1S/C29H28O7S/c1-2-37-29-25(35-27(31)20-14-8-4-9-15-20)24(34-26(30)19-12-6-3-7-13-19)23-22(33-29)18-32-28(36-23)21-16-10-5-11-17-21/h3-17,22-25,28-29H,2,18H2,1H3/t22?,23-,24?,25+,28?,29+/m1/s1. The summed E-state index contributed by atoms with van der Waals surface area (Å²) in [5.41, 5.74) is 1.04. The van der Waals surface area contributed by atoms with Crippen molar-refractivity contribution in [2.45, 2.75) is 43.1 Å². The van der Waals surface area contributed by atoms with Gasteiger partial charge in [-0.3, -0.25) is 0 Å². The van der Waals surface area contributed by atoms with Crippen LogP contribution in [0.2, 0.25) is 0 Å². The summed E-state index contributed by atoms with van der Waals surface area (Å²) < 4.78 is 30.7. The predicted octanol–water partition coefficient (Wildman–Crippen LogP) is 5.03. The normalized spacial score (nSPS) is 27.1. The molecule has 2 saturated heterocycles. The Balaban J connectivity index is 1.47. The topological polar surface area (TPSA) is 80.3 Å². The third-order valence-electron chi connectivity index (χ3n) is 6.19. The molecule has 0 spiro atoms. The Morgan fingerprint density at radius 3 is 1.89 bits per heavy atom. The van der Waals surface area contributed by atoms with Gasteiger partial charge in [-0.15, -0.1) is 11.8 Å². The summed E-state index contributed by atoms with van der Waals surface area (Å²) in [4.78, 5) is 26.3. The number of ether oxygens (including phenoxy) is 5. The lowest BCUT2D eigenvalue weighted by molar-refractivity contribution is -0.317. The summed E-state index contributed by atoms with van der Waals surface area (Å²) in [7, 11) is 0. The van der Waals surface area contributed by atoms with Gasteiger partial charge in [0, 0.05) is 5.56 Å². The highest BCUT2D eigenvalue weighted by Gasteiger charge is 2.53. The number of carbonyl (C=O) groups excluding carboxylic acids is 2. The molecule has 6 atom stereocenters. The van der Waals surface area contributed by atoms with Gasteiger partial charge in [0.2, 0.25) is 0 Å². The minimum atomic E-state index is -0.918. The molecule has 0 bridgehead atoms. The number of hydrogen-bond donors (Lipinski definition) is 0. The Labute approximate surface area is 220 Å². The molecular weight excluding hydrogens is 492 g/mol. The maximum absolute atomic E-state index is 13.2. The highest BCUT2D eigenvalue weighted by atomic mass is 32.2. The van der Waals surface area contributed by atoms with Crippen LogP contribution in [0.4, 0.5) is 0 Å². The zero-order valence-electron chi connectivity index (χ0n) is 20.3. The molecule has 2 heterocycles. The van der Waals surface area contributed by atoms with Crippen LogP contribution in [0.15, 0.2) is 91.0 Å². The van der Waals surface area contributed by atoms with E-state index in [4.69, 9.17) is 23.7 Å². The predicted molar refractivity (Wildman–Crippen MR) is 138 cm³/mol. The molecule has 0 N–H and O–H groups in total. The minimum Gasteiger partial charge on any atom is -0.452 e. The fourth-order valence-corrected chi connectivity index (χ4v) is 5.37. The van der Waals surface area contributed by atoms with E-state index in [1.807, 2.05) is 49.4 Å². The van der Waals surface area contributed by atoms with Crippen LogP contribution >= 0.6 is 11.8 Å². The fraction of sp³-hybridized carbons (Fsp3) is 0.310. The molecule has 2 aliphatic rings. The third-order valence-corrected chi connectivity index (χ3v) is 7.23. The van der Waals surface area contributed by atoms with E-state index in [1.165, 1.54) is 11.8 Å². The summed E-state index contributed by atoms with van der Waals surface area (Å²) in [5.74, 6) is -0.352. The van der Waals surface area contributed by atoms with E-state index in [1.54, 1.807) is 48.5 Å². The van der Waals surface area contributed by atoms with E-state index in [0.717, 1.165) is 5.56 Å². The number of esters is 2. The van der Waals surface area contributed by atoms with Crippen LogP contribution in [-0.4, -0.2) is 54.2 Å². The highest BCUT2D eigenvalue weighted by molar-refractivity contribution is 7.99. The molecule has 0 amide bonds. The van der Waals surface area contributed by atoms with Gasteiger partial charge in [0.25, 0.3) is 0 Å². The van der Waals surface area contributed by atoms with E-state index in [9.17, 15) is 9.59 Å². The van der Waals surface area contributed by atoms with Crippen molar-refractivity contribution in [1.29, 1.82) is 0 Å². The van der Waals surface area contributed by atoms with Gasteiger partial charge in [0.15, 0.2) is 18.5 Å². The van der Waals surface area contributed by atoms with Gasteiger partial charge < -0.3 is 23.7 Å². The Bertz CT molecular complexity index is 1170. The van der Waals surface area contributed by atoms with Crippen molar-refractivity contribution >= 4 is 23.7 Å². The summed E-state index contributed by atoms with van der Waals surface area (Å²) in [6.07, 6.45) is -3.72. The average Bonchev–Trinajstić information content (AvgIpc) is 2.96. The zero-order valence-corrected chi connectivity index (χ0v) is 21.1. The van der Waals surface area contributed by atoms with E-state index in [0.29, 0.717) is 16.9 Å². The molecule has 2 aliphatic heterocycles. The van der Waals surface area contributed by atoms with Gasteiger partial charge in [-0.2, -0.15) is 0 Å². The lowest BCUT2D eigenvalue weighted by atomic mass is 9.98. The Kier molecular flexibility index (Phi) is 8.21. The number of benzene rings is 3. The molecule has 2 fully saturated rings. The van der Waals surface area contributed by atoms with Crippen LogP contribution in [0, 0.1) is 0 Å². The first-order valence-corrected chi connectivity index (χ1v) is 13.3.